The Balaban J connectivity index is 1.35. The van der Waals surface area contributed by atoms with Crippen LogP contribution in [0, 0.1) is 11.8 Å². The number of ether oxygens (including phenoxy) is 2. The smallest absolute Gasteiger partial charge is 0.132 e. The van der Waals surface area contributed by atoms with E-state index in [4.69, 9.17) is 9.47 Å². The summed E-state index contributed by atoms with van der Waals surface area (Å²) in [5.74, 6) is 2.38. The van der Waals surface area contributed by atoms with Crippen molar-refractivity contribution >= 4 is 11.6 Å². The van der Waals surface area contributed by atoms with Gasteiger partial charge in [0.25, 0.3) is 0 Å². The number of unbranched alkanes of at least 4 members (excludes halogenated alkanes) is 4. The molecule has 0 radical (unpaired) electrons. The maximum absolute atomic E-state index is 11.7. The molecule has 4 rings (SSSR count). The van der Waals surface area contributed by atoms with Crippen LogP contribution in [0.5, 0.6) is 0 Å². The monoisotopic (exact) mass is 448 g/mol. The second kappa shape index (κ2) is 12.6. The van der Waals surface area contributed by atoms with Crippen molar-refractivity contribution in [1.82, 2.24) is 0 Å². The van der Waals surface area contributed by atoms with Gasteiger partial charge in [-0.3, -0.25) is 9.59 Å². The molecule has 0 atom stereocenters. The fraction of sp³-hybridized carbons (Fsp3) is 0.929. The Labute approximate surface area is 196 Å². The van der Waals surface area contributed by atoms with Gasteiger partial charge >= 0.3 is 0 Å². The largest absolute Gasteiger partial charge is 0.375 e. The topological polar surface area (TPSA) is 52.6 Å². The second-order valence-corrected chi connectivity index (χ2v) is 11.2. The molecule has 4 heteroatoms. The van der Waals surface area contributed by atoms with E-state index in [1.807, 2.05) is 0 Å². The number of carbonyl (C=O) groups excluding carboxylic acids is 2. The van der Waals surface area contributed by atoms with Crippen molar-refractivity contribution in [2.75, 3.05) is 13.2 Å². The molecule has 0 spiro atoms. The standard InChI is InChI=1S/C28H48O4/c1-3-11-25(29)13-7-5-9-15-31-27-18-23-17-24(19-27)21-28(20-23,22-27)32-16-10-6-8-14-26(30)12-4-2/h23-24H,3-22H2,1-2H3. The molecule has 0 N–H and O–H groups in total. The lowest BCUT2D eigenvalue weighted by Gasteiger charge is -2.61. The molecule has 4 aliphatic carbocycles. The lowest BCUT2D eigenvalue weighted by atomic mass is 9.52. The minimum absolute atomic E-state index is 0.0503. The fourth-order valence-corrected chi connectivity index (χ4v) is 7.02. The van der Waals surface area contributed by atoms with Crippen molar-refractivity contribution < 1.29 is 19.1 Å². The number of hydrogen-bond acceptors (Lipinski definition) is 4. The van der Waals surface area contributed by atoms with E-state index in [-0.39, 0.29) is 11.2 Å². The Kier molecular flexibility index (Phi) is 10.2. The number of Topliss-reactive ketones (excluding diaryl/α,β-unsaturated/α-hetero) is 2. The van der Waals surface area contributed by atoms with Crippen LogP contribution in [0.4, 0.5) is 0 Å². The van der Waals surface area contributed by atoms with Gasteiger partial charge in [0.05, 0.1) is 11.2 Å². The van der Waals surface area contributed by atoms with Gasteiger partial charge in [-0.1, -0.05) is 26.7 Å². The Hall–Kier alpha value is -0.740. The summed E-state index contributed by atoms with van der Waals surface area (Å²) in [7, 11) is 0. The van der Waals surface area contributed by atoms with Crippen LogP contribution in [0.3, 0.4) is 0 Å². The van der Waals surface area contributed by atoms with Crippen molar-refractivity contribution in [3.8, 4) is 0 Å². The van der Waals surface area contributed by atoms with E-state index in [1.54, 1.807) is 0 Å². The van der Waals surface area contributed by atoms with Crippen molar-refractivity contribution in [1.29, 1.82) is 0 Å². The normalized spacial score (nSPS) is 30.7. The molecule has 0 aromatic rings. The van der Waals surface area contributed by atoms with E-state index in [2.05, 4.69) is 13.8 Å². The number of carbonyl (C=O) groups is 2. The summed E-state index contributed by atoms with van der Waals surface area (Å²) in [6.07, 6.45) is 18.6. The predicted molar refractivity (Wildman–Crippen MR) is 129 cm³/mol. The van der Waals surface area contributed by atoms with Crippen molar-refractivity contribution in [2.24, 2.45) is 11.8 Å². The molecule has 4 nitrogen and oxygen atoms in total. The van der Waals surface area contributed by atoms with E-state index >= 15 is 0 Å². The molecule has 0 saturated heterocycles. The second-order valence-electron chi connectivity index (χ2n) is 11.2. The number of ketones is 2. The summed E-state index contributed by atoms with van der Waals surface area (Å²) < 4.78 is 13.2. The molecular formula is C28H48O4. The van der Waals surface area contributed by atoms with E-state index in [9.17, 15) is 9.59 Å². The first-order valence-electron chi connectivity index (χ1n) is 13.8. The lowest BCUT2D eigenvalue weighted by molar-refractivity contribution is -0.237. The van der Waals surface area contributed by atoms with Gasteiger partial charge < -0.3 is 9.47 Å². The van der Waals surface area contributed by atoms with Gasteiger partial charge in [0.15, 0.2) is 0 Å². The first-order chi connectivity index (χ1) is 15.5. The molecule has 32 heavy (non-hydrogen) atoms. The van der Waals surface area contributed by atoms with Crippen LogP contribution >= 0.6 is 0 Å². The molecule has 0 unspecified atom stereocenters. The molecule has 4 fully saturated rings. The van der Waals surface area contributed by atoms with E-state index in [0.29, 0.717) is 11.6 Å². The molecule has 4 bridgehead atoms. The molecular weight excluding hydrogens is 400 g/mol. The summed E-state index contributed by atoms with van der Waals surface area (Å²) >= 11 is 0. The van der Waals surface area contributed by atoms with Crippen LogP contribution in [-0.2, 0) is 19.1 Å². The summed E-state index contributed by atoms with van der Waals surface area (Å²) in [5.41, 5.74) is 0.101. The zero-order valence-corrected chi connectivity index (χ0v) is 20.9. The zero-order chi connectivity index (χ0) is 22.9. The summed E-state index contributed by atoms with van der Waals surface area (Å²) in [4.78, 5) is 23.4. The van der Waals surface area contributed by atoms with Gasteiger partial charge in [0.1, 0.15) is 11.6 Å². The minimum atomic E-state index is 0.0503. The molecule has 0 heterocycles. The van der Waals surface area contributed by atoms with Gasteiger partial charge in [-0.05, 0) is 82.5 Å². The minimum Gasteiger partial charge on any atom is -0.375 e. The average molecular weight is 449 g/mol. The highest BCUT2D eigenvalue weighted by molar-refractivity contribution is 5.78. The van der Waals surface area contributed by atoms with Gasteiger partial charge in [0, 0.05) is 45.3 Å². The van der Waals surface area contributed by atoms with Crippen molar-refractivity contribution in [2.45, 2.75) is 141 Å². The molecule has 4 saturated carbocycles. The third kappa shape index (κ3) is 7.65. The maximum Gasteiger partial charge on any atom is 0.132 e. The van der Waals surface area contributed by atoms with Crippen LogP contribution in [0.15, 0.2) is 0 Å². The lowest BCUT2D eigenvalue weighted by Crippen LogP contribution is -2.61. The predicted octanol–water partition coefficient (Wildman–Crippen LogP) is 6.97. The highest BCUT2D eigenvalue weighted by atomic mass is 16.5. The molecule has 0 amide bonds. The first-order valence-corrected chi connectivity index (χ1v) is 13.8. The Morgan fingerprint density at radius 3 is 1.50 bits per heavy atom. The van der Waals surface area contributed by atoms with Crippen LogP contribution in [0.1, 0.15) is 129 Å². The third-order valence-corrected chi connectivity index (χ3v) is 8.03. The maximum atomic E-state index is 11.7. The van der Waals surface area contributed by atoms with Crippen molar-refractivity contribution in [3.63, 3.8) is 0 Å². The zero-order valence-electron chi connectivity index (χ0n) is 20.9. The van der Waals surface area contributed by atoms with Gasteiger partial charge in [-0.2, -0.15) is 0 Å². The van der Waals surface area contributed by atoms with Crippen LogP contribution < -0.4 is 0 Å². The molecule has 0 aliphatic heterocycles. The van der Waals surface area contributed by atoms with Gasteiger partial charge in [-0.25, -0.2) is 0 Å². The molecule has 4 aliphatic rings. The SMILES string of the molecule is CCCC(=O)CCCCCOC12CC3CC(C1)CC(OCCCCCC(=O)CCC)(C3)C2. The van der Waals surface area contributed by atoms with E-state index in [0.717, 1.165) is 109 Å². The number of rotatable bonds is 18. The van der Waals surface area contributed by atoms with Gasteiger partial charge in [0.2, 0.25) is 0 Å². The Morgan fingerprint density at radius 2 is 1.09 bits per heavy atom. The Bertz CT molecular complexity index is 536. The molecule has 0 aromatic carbocycles. The number of hydrogen-bond donors (Lipinski definition) is 0. The van der Waals surface area contributed by atoms with Gasteiger partial charge in [-0.15, -0.1) is 0 Å². The highest BCUT2D eigenvalue weighted by Crippen LogP contribution is 2.60. The van der Waals surface area contributed by atoms with E-state index in [1.165, 1.54) is 32.1 Å². The van der Waals surface area contributed by atoms with Crippen LogP contribution in [0.25, 0.3) is 0 Å². The first kappa shape index (κ1) is 25.9. The summed E-state index contributed by atoms with van der Waals surface area (Å²) in [6.45, 7) is 5.82. The van der Waals surface area contributed by atoms with Crippen LogP contribution in [0.2, 0.25) is 0 Å². The average Bonchev–Trinajstić information content (AvgIpc) is 2.72. The quantitative estimate of drug-likeness (QED) is 0.212. The van der Waals surface area contributed by atoms with E-state index < -0.39 is 0 Å². The third-order valence-electron chi connectivity index (χ3n) is 8.03. The molecule has 184 valence electrons. The molecule has 0 aromatic heterocycles. The van der Waals surface area contributed by atoms with Crippen molar-refractivity contribution in [3.05, 3.63) is 0 Å². The fourth-order valence-electron chi connectivity index (χ4n) is 7.02. The highest BCUT2D eigenvalue weighted by Gasteiger charge is 2.59. The Morgan fingerprint density at radius 1 is 0.656 bits per heavy atom. The summed E-state index contributed by atoms with van der Waals surface area (Å²) in [5, 5.41) is 0. The summed E-state index contributed by atoms with van der Waals surface area (Å²) in [6, 6.07) is 0. The van der Waals surface area contributed by atoms with Crippen LogP contribution in [-0.4, -0.2) is 36.0 Å².